The number of aromatic nitrogens is 4. The minimum atomic E-state index is -5.66. The highest BCUT2D eigenvalue weighted by Crippen LogP contribution is 2.47. The van der Waals surface area contributed by atoms with Crippen molar-refractivity contribution < 1.29 is 130 Å². The van der Waals surface area contributed by atoms with Crippen LogP contribution in [0.3, 0.4) is 0 Å². The Morgan fingerprint density at radius 3 is 1.81 bits per heavy atom. The Morgan fingerprint density at radius 1 is 0.750 bits per heavy atom. The molecule has 41 heteroatoms. The minimum Gasteiger partial charge on any atom is -0.481 e. The molecule has 3 fully saturated rings. The zero-order valence-corrected chi connectivity index (χ0v) is 62.6. The highest BCUT2D eigenvalue weighted by molar-refractivity contribution is 7.46. The number of esters is 1. The Labute approximate surface area is 634 Å². The first-order valence-corrected chi connectivity index (χ1v) is 36.1. The Morgan fingerprint density at radius 2 is 1.31 bits per heavy atom. The number of benzene rings is 3. The number of alkyl carbamates (subject to hydrolysis) is 2. The van der Waals surface area contributed by atoms with Gasteiger partial charge in [0.1, 0.15) is 41.6 Å². The normalized spacial score (nSPS) is 17.0. The number of aryl methyl sites for hydroxylation is 1. The summed E-state index contributed by atoms with van der Waals surface area (Å²) < 4.78 is 191. The SMILES string of the molecule is COC(=O)N[C@H](C(=O)N[C@@H](Cc1ccc(C#Cc2cnc(N3CC4CCC(C3)N4C3COC3)nc2)cc1)[C@H](CN(Cc1c(F)cc(-c2ccn(C(F)F)n2)cc1F)NC(=O)[C@@H](NC(=O)OC)C(C)(C)C(F)(F)F)OC(=O)CC(C)(C)c1c(CC(=O)N[C@@H](CCC(=O)O)C(=O)O)cc(C)cc1OP(=O)(O)O)C(C)(C)C(F)(F)F. The third-order valence-electron chi connectivity index (χ3n) is 19.3. The standard InChI is InChI=1S/C71H83F10N12O18P/c1-37-22-42(27-54(94)84-50(62(100)101)18-19-55(95)96)57(52(23-37)111-112(104,105)106)67(2,3)28-56(97)110-53(34-91(89-61(99)59(87-66(103)108-9)69(6,7)71(79,80)81)33-46-47(72)25-41(26-48(46)73)49-20-21-92(88-49)63(74)75)51(85-60(98)58(86-65(102)107-8)68(4,5)70(76,77)78)24-39-13-10-38(11-14-39)12-15-40-29-82-64(83-30-40)90-31-43-16-17-44(32-90)93(43)45-35-109-36-45/h10-11,13-14,20-23,25-26,29-30,43-45,50-51,53,58-59,63H,16-19,24,27-28,31-36H2,1-9H3,(H,84,94)(H,85,98)(H,86,102)(H,87,103)(H,89,99)(H,95,96)(H,100,101)(H2,104,105,106)/t43?,44?,50-,51-,53-,58+,59+/m0/s1. The van der Waals surface area contributed by atoms with Gasteiger partial charge in [-0.25, -0.2) is 47.4 Å². The van der Waals surface area contributed by atoms with Gasteiger partial charge in [0.15, 0.2) is 0 Å². The molecule has 3 aliphatic rings. The molecule has 5 heterocycles. The van der Waals surface area contributed by atoms with Crippen molar-refractivity contribution in [3.05, 3.63) is 124 Å². The van der Waals surface area contributed by atoms with Crippen molar-refractivity contribution in [2.75, 3.05) is 52.0 Å². The number of carbonyl (C=O) groups excluding carboxylic acids is 6. The van der Waals surface area contributed by atoms with E-state index in [0.717, 1.165) is 38.3 Å². The molecule has 7 atom stereocenters. The quantitative estimate of drug-likeness (QED) is 0.00497. The van der Waals surface area contributed by atoms with Gasteiger partial charge in [0.25, 0.3) is 5.91 Å². The maximum atomic E-state index is 16.9. The van der Waals surface area contributed by atoms with Gasteiger partial charge < -0.3 is 59.9 Å². The number of nitrogens with zero attached hydrogens (tertiary/aromatic N) is 7. The van der Waals surface area contributed by atoms with E-state index in [1.807, 2.05) is 10.7 Å². The summed E-state index contributed by atoms with van der Waals surface area (Å²) in [5.74, 6) is -6.95. The van der Waals surface area contributed by atoms with E-state index < -0.39 is 206 Å². The number of phosphoric ester groups is 1. The summed E-state index contributed by atoms with van der Waals surface area (Å²) in [6.45, 7) is 2.34. The van der Waals surface area contributed by atoms with Crippen LogP contribution in [0.25, 0.3) is 11.3 Å². The molecule has 0 spiro atoms. The van der Waals surface area contributed by atoms with Gasteiger partial charge >= 0.3 is 56.8 Å². The van der Waals surface area contributed by atoms with Gasteiger partial charge in [0.2, 0.25) is 17.8 Å². The molecule has 0 saturated carbocycles. The Kier molecular flexibility index (Phi) is 27.8. The van der Waals surface area contributed by atoms with E-state index in [0.29, 0.717) is 108 Å². The number of hydrazine groups is 1. The summed E-state index contributed by atoms with van der Waals surface area (Å²) in [4.78, 5) is 143. The molecule has 5 amide bonds. The zero-order valence-electron chi connectivity index (χ0n) is 61.7. The van der Waals surface area contributed by atoms with E-state index in [1.54, 1.807) is 5.32 Å². The van der Waals surface area contributed by atoms with Gasteiger partial charge in [0.05, 0.1) is 81.0 Å². The van der Waals surface area contributed by atoms with E-state index in [4.69, 9.17) is 14.0 Å². The highest BCUT2D eigenvalue weighted by atomic mass is 31.2. The molecular formula is C71H83F10N12O18P. The van der Waals surface area contributed by atoms with Crippen LogP contribution in [-0.2, 0) is 77.1 Å². The van der Waals surface area contributed by atoms with Crippen molar-refractivity contribution in [3.63, 3.8) is 0 Å². The van der Waals surface area contributed by atoms with Gasteiger partial charge in [-0.1, -0.05) is 43.9 Å². The first kappa shape index (κ1) is 87.4. The number of carboxylic acid groups (broad SMARTS) is 2. The van der Waals surface area contributed by atoms with Crippen molar-refractivity contribution in [1.29, 1.82) is 0 Å². The van der Waals surface area contributed by atoms with Crippen molar-refractivity contribution in [1.82, 2.24) is 56.4 Å². The fourth-order valence-electron chi connectivity index (χ4n) is 13.2. The molecule has 8 rings (SSSR count). The lowest BCUT2D eigenvalue weighted by Gasteiger charge is -2.47. The number of carboxylic acids is 2. The lowest BCUT2D eigenvalue weighted by atomic mass is 9.77. The molecule has 3 aliphatic heterocycles. The molecule has 30 nitrogen and oxygen atoms in total. The molecule has 112 heavy (non-hydrogen) atoms. The fraction of sp³-hybridized carbons (Fsp3) is 0.507. The van der Waals surface area contributed by atoms with Gasteiger partial charge in [-0.2, -0.15) is 40.2 Å². The molecule has 2 bridgehead atoms. The van der Waals surface area contributed by atoms with E-state index in [9.17, 15) is 62.1 Å². The smallest absolute Gasteiger partial charge is 0.481 e. The molecule has 0 radical (unpaired) electrons. The second-order valence-electron chi connectivity index (χ2n) is 28.8. The average Bonchev–Trinajstić information content (AvgIpc) is 1.22. The summed E-state index contributed by atoms with van der Waals surface area (Å²) in [7, 11) is -4.21. The molecule has 9 N–H and O–H groups in total. The first-order valence-electron chi connectivity index (χ1n) is 34.5. The number of fused-ring (bicyclic) bond motifs is 2. The maximum Gasteiger partial charge on any atom is 0.524 e. The lowest BCUT2D eigenvalue weighted by molar-refractivity contribution is -0.221. The number of methoxy groups -OCH3 is 2. The van der Waals surface area contributed by atoms with E-state index in [-0.39, 0.29) is 26.9 Å². The lowest BCUT2D eigenvalue weighted by Crippen LogP contribution is -2.64. The summed E-state index contributed by atoms with van der Waals surface area (Å²) in [5.41, 5.74) is -8.48. The topological polar surface area (TPSA) is 394 Å². The molecular weight excluding hydrogens is 1530 g/mol. The van der Waals surface area contributed by atoms with Crippen molar-refractivity contribution in [2.45, 2.75) is 173 Å². The number of nitrogens with one attached hydrogen (secondary N) is 5. The highest BCUT2D eigenvalue weighted by Gasteiger charge is 2.58. The molecule has 0 aliphatic carbocycles. The Balaban J connectivity index is 1.27. The minimum absolute atomic E-state index is 0.0538. The van der Waals surface area contributed by atoms with Crippen LogP contribution in [0.1, 0.15) is 119 Å². The van der Waals surface area contributed by atoms with Crippen LogP contribution >= 0.6 is 7.82 Å². The fourth-order valence-corrected chi connectivity index (χ4v) is 13.6. The van der Waals surface area contributed by atoms with Crippen LogP contribution in [0, 0.1) is 41.2 Å². The van der Waals surface area contributed by atoms with Crippen molar-refractivity contribution >= 4 is 61.6 Å². The van der Waals surface area contributed by atoms with Gasteiger partial charge in [0, 0.05) is 84.4 Å². The second kappa shape index (κ2) is 35.7. The number of rotatable bonds is 32. The predicted octanol–water partition coefficient (Wildman–Crippen LogP) is 7.69. The summed E-state index contributed by atoms with van der Waals surface area (Å²) in [6, 6.07) is 1.40. The third kappa shape index (κ3) is 22.1. The second-order valence-corrected chi connectivity index (χ2v) is 30.0. The van der Waals surface area contributed by atoms with Crippen LogP contribution in [0.2, 0.25) is 0 Å². The summed E-state index contributed by atoms with van der Waals surface area (Å²) in [6.07, 6.45) is -14.8. The van der Waals surface area contributed by atoms with E-state index >= 15 is 44.7 Å². The number of halogens is 10. The monoisotopic (exact) mass is 1610 g/mol. The first-order chi connectivity index (χ1) is 52.2. The predicted molar refractivity (Wildman–Crippen MR) is 373 cm³/mol. The molecule has 610 valence electrons. The van der Waals surface area contributed by atoms with Crippen molar-refractivity contribution in [3.8, 4) is 28.8 Å². The molecule has 3 saturated heterocycles. The third-order valence-corrected chi connectivity index (χ3v) is 19.8. The van der Waals surface area contributed by atoms with Gasteiger partial charge in [-0.15, -0.1) is 0 Å². The number of ether oxygens (including phenoxy) is 4. The largest absolute Gasteiger partial charge is 0.524 e. The van der Waals surface area contributed by atoms with Crippen LogP contribution in [0.15, 0.2) is 73.2 Å². The van der Waals surface area contributed by atoms with Crippen LogP contribution in [-0.4, -0.2) is 205 Å². The maximum absolute atomic E-state index is 16.9. The van der Waals surface area contributed by atoms with E-state index in [2.05, 4.69) is 56.8 Å². The number of aliphatic carboxylic acids is 2. The number of phosphoric acid groups is 1. The molecule has 2 unspecified atom stereocenters. The number of piperazine rings is 1. The Bertz CT molecular complexity index is 4360. The number of hydrogen-bond donors (Lipinski definition) is 9. The number of carbonyl (C=O) groups is 8. The summed E-state index contributed by atoms with van der Waals surface area (Å²) in [5, 5.41) is 31.3. The molecule has 3 aromatic carbocycles. The summed E-state index contributed by atoms with van der Waals surface area (Å²) >= 11 is 0. The number of amides is 5. The van der Waals surface area contributed by atoms with Crippen LogP contribution in [0.4, 0.5) is 59.4 Å². The van der Waals surface area contributed by atoms with Crippen molar-refractivity contribution in [2.24, 2.45) is 10.8 Å². The number of alkyl halides is 8. The number of hydrogen-bond acceptors (Lipinski definition) is 20. The van der Waals surface area contributed by atoms with E-state index in [1.165, 1.54) is 63.5 Å². The Hall–Kier alpha value is -10.2. The molecule has 2 aromatic heterocycles. The average molecular weight is 1610 g/mol. The van der Waals surface area contributed by atoms with Crippen LogP contribution in [0.5, 0.6) is 5.75 Å². The van der Waals surface area contributed by atoms with Crippen LogP contribution < -0.4 is 36.1 Å². The zero-order chi connectivity index (χ0) is 82.9. The van der Waals surface area contributed by atoms with Gasteiger partial charge in [-0.05, 0) is 113 Å². The molecule has 5 aromatic rings. The van der Waals surface area contributed by atoms with Gasteiger partial charge in [-0.3, -0.25) is 44.1 Å². The number of anilines is 1.